The van der Waals surface area contributed by atoms with Gasteiger partial charge in [0.1, 0.15) is 0 Å². The van der Waals surface area contributed by atoms with E-state index in [4.69, 9.17) is 0 Å². The molecule has 0 aliphatic heterocycles. The summed E-state index contributed by atoms with van der Waals surface area (Å²) in [5.74, 6) is -0.00442. The first-order chi connectivity index (χ1) is 11.2. The zero-order chi connectivity index (χ0) is 17.5. The number of hydrogen-bond donors (Lipinski definition) is 0. The van der Waals surface area contributed by atoms with Gasteiger partial charge in [0.2, 0.25) is 0 Å². The normalized spacial score (nSPS) is 18.1. The Balaban J connectivity index is 2.17. The summed E-state index contributed by atoms with van der Waals surface area (Å²) >= 11 is 0. The molecular weight excluding hydrogens is 325 g/mol. The van der Waals surface area contributed by atoms with Crippen LogP contribution in [0.25, 0.3) is 6.08 Å². The van der Waals surface area contributed by atoms with E-state index in [-0.39, 0.29) is 5.92 Å². The fourth-order valence-electron chi connectivity index (χ4n) is 3.27. The molecule has 4 heteroatoms. The Morgan fingerprint density at radius 2 is 1.62 bits per heavy atom. The minimum atomic E-state index is -4.31. The van der Waals surface area contributed by atoms with Gasteiger partial charge < -0.3 is 0 Å². The third-order valence-electron chi connectivity index (χ3n) is 4.71. The molecule has 126 valence electrons. The number of rotatable bonds is 2. The van der Waals surface area contributed by atoms with Crippen LogP contribution < -0.4 is 0 Å². The predicted octanol–water partition coefficient (Wildman–Crippen LogP) is 6.50. The van der Waals surface area contributed by atoms with Crippen molar-refractivity contribution in [3.63, 3.8) is 0 Å². The van der Waals surface area contributed by atoms with Gasteiger partial charge in [0.25, 0.3) is 0 Å². The minimum absolute atomic E-state index is 0.00442. The highest BCUT2D eigenvalue weighted by molar-refractivity contribution is 6.83. The van der Waals surface area contributed by atoms with Crippen LogP contribution in [0.4, 0.5) is 13.2 Å². The lowest BCUT2D eigenvalue weighted by molar-refractivity contribution is -0.137. The van der Waals surface area contributed by atoms with Gasteiger partial charge in [-0.1, -0.05) is 67.3 Å². The SMILES string of the molecule is C[Si](C)(C)C1=Cc2ccc(C(F)(F)F)cc2C(c2ccccc2)C1. The van der Waals surface area contributed by atoms with Crippen molar-refractivity contribution in [2.24, 2.45) is 0 Å². The molecule has 0 aromatic heterocycles. The Morgan fingerprint density at radius 3 is 2.21 bits per heavy atom. The lowest BCUT2D eigenvalue weighted by Crippen LogP contribution is -2.27. The fraction of sp³-hybridized carbons (Fsp3) is 0.300. The number of alkyl halides is 3. The molecule has 1 unspecified atom stereocenters. The molecule has 1 aliphatic rings. The van der Waals surface area contributed by atoms with E-state index >= 15 is 0 Å². The van der Waals surface area contributed by atoms with Crippen LogP contribution >= 0.6 is 0 Å². The molecule has 3 rings (SSSR count). The highest BCUT2D eigenvalue weighted by Crippen LogP contribution is 2.43. The lowest BCUT2D eigenvalue weighted by atomic mass is 9.81. The van der Waals surface area contributed by atoms with E-state index in [0.717, 1.165) is 23.1 Å². The highest BCUT2D eigenvalue weighted by Gasteiger charge is 2.34. The first-order valence-electron chi connectivity index (χ1n) is 8.13. The van der Waals surface area contributed by atoms with Crippen LogP contribution in [0.5, 0.6) is 0 Å². The molecule has 0 spiro atoms. The maximum Gasteiger partial charge on any atom is 0.416 e. The van der Waals surface area contributed by atoms with Crippen LogP contribution in [0.3, 0.4) is 0 Å². The summed E-state index contributed by atoms with van der Waals surface area (Å²) in [5.41, 5.74) is 2.24. The van der Waals surface area contributed by atoms with Crippen LogP contribution in [0.2, 0.25) is 19.6 Å². The van der Waals surface area contributed by atoms with E-state index in [1.807, 2.05) is 30.3 Å². The first kappa shape index (κ1) is 17.0. The van der Waals surface area contributed by atoms with Crippen molar-refractivity contribution in [3.8, 4) is 0 Å². The predicted molar refractivity (Wildman–Crippen MR) is 95.7 cm³/mol. The summed E-state index contributed by atoms with van der Waals surface area (Å²) in [7, 11) is -1.51. The van der Waals surface area contributed by atoms with Gasteiger partial charge in [-0.2, -0.15) is 13.2 Å². The largest absolute Gasteiger partial charge is 0.416 e. The van der Waals surface area contributed by atoms with Gasteiger partial charge in [-0.15, -0.1) is 0 Å². The van der Waals surface area contributed by atoms with E-state index < -0.39 is 19.8 Å². The molecule has 0 radical (unpaired) electrons. The number of hydrogen-bond acceptors (Lipinski definition) is 0. The van der Waals surface area contributed by atoms with E-state index in [0.29, 0.717) is 0 Å². The number of halogens is 3. The third kappa shape index (κ3) is 3.34. The molecule has 0 nitrogen and oxygen atoms in total. The number of fused-ring (bicyclic) bond motifs is 1. The monoisotopic (exact) mass is 346 g/mol. The molecule has 1 aliphatic carbocycles. The van der Waals surface area contributed by atoms with Crippen molar-refractivity contribution in [1.82, 2.24) is 0 Å². The second-order valence-electron chi connectivity index (χ2n) is 7.43. The number of benzene rings is 2. The van der Waals surface area contributed by atoms with Crippen molar-refractivity contribution >= 4 is 14.1 Å². The summed E-state index contributed by atoms with van der Waals surface area (Å²) in [6.07, 6.45) is -1.37. The second kappa shape index (κ2) is 5.92. The van der Waals surface area contributed by atoms with E-state index in [9.17, 15) is 13.2 Å². The van der Waals surface area contributed by atoms with Crippen LogP contribution in [0.1, 0.15) is 34.6 Å². The Morgan fingerprint density at radius 1 is 0.958 bits per heavy atom. The van der Waals surface area contributed by atoms with Crippen molar-refractivity contribution < 1.29 is 13.2 Å². The lowest BCUT2D eigenvalue weighted by Gasteiger charge is -2.32. The maximum atomic E-state index is 13.1. The molecule has 0 fully saturated rings. The van der Waals surface area contributed by atoms with Gasteiger partial charge in [0.05, 0.1) is 13.6 Å². The highest BCUT2D eigenvalue weighted by atomic mass is 28.3. The molecule has 0 N–H and O–H groups in total. The van der Waals surface area contributed by atoms with Crippen LogP contribution in [-0.4, -0.2) is 8.07 Å². The quantitative estimate of drug-likeness (QED) is 0.544. The van der Waals surface area contributed by atoms with E-state index in [2.05, 4.69) is 25.7 Å². The van der Waals surface area contributed by atoms with E-state index in [1.54, 1.807) is 6.07 Å². The Kier molecular flexibility index (Phi) is 4.20. The molecular formula is C20H21F3Si. The zero-order valence-electron chi connectivity index (χ0n) is 14.1. The van der Waals surface area contributed by atoms with Gasteiger partial charge in [-0.05, 0) is 35.2 Å². The zero-order valence-corrected chi connectivity index (χ0v) is 15.1. The van der Waals surface area contributed by atoms with Crippen molar-refractivity contribution in [1.29, 1.82) is 0 Å². The third-order valence-corrected chi connectivity index (χ3v) is 6.98. The maximum absolute atomic E-state index is 13.1. The summed E-state index contributed by atoms with van der Waals surface area (Å²) in [6, 6.07) is 14.0. The molecule has 2 aromatic carbocycles. The molecule has 1 atom stereocenters. The molecule has 0 amide bonds. The van der Waals surface area contributed by atoms with Gasteiger partial charge in [-0.25, -0.2) is 0 Å². The first-order valence-corrected chi connectivity index (χ1v) is 11.6. The average Bonchev–Trinajstić information content (AvgIpc) is 2.52. The van der Waals surface area contributed by atoms with Crippen LogP contribution in [0.15, 0.2) is 53.7 Å². The Hall–Kier alpha value is -1.81. The minimum Gasteiger partial charge on any atom is -0.166 e. The molecule has 0 heterocycles. The van der Waals surface area contributed by atoms with Gasteiger partial charge >= 0.3 is 6.18 Å². The van der Waals surface area contributed by atoms with Crippen molar-refractivity contribution in [2.75, 3.05) is 0 Å². The van der Waals surface area contributed by atoms with Crippen LogP contribution in [-0.2, 0) is 6.18 Å². The molecule has 0 saturated heterocycles. The Labute approximate surface area is 142 Å². The summed E-state index contributed by atoms with van der Waals surface area (Å²) < 4.78 is 39.4. The summed E-state index contributed by atoms with van der Waals surface area (Å²) in [6.45, 7) is 6.86. The van der Waals surface area contributed by atoms with Crippen molar-refractivity contribution in [3.05, 3.63) is 76.0 Å². The number of allylic oxidation sites excluding steroid dienone is 1. The smallest absolute Gasteiger partial charge is 0.166 e. The standard InChI is InChI=1S/C20H21F3Si/c1-24(2,3)17-11-15-9-10-16(20(21,22)23)12-18(15)19(13-17)14-7-5-4-6-8-14/h4-12,19H,13H2,1-3H3. The second-order valence-corrected chi connectivity index (χ2v) is 12.6. The summed E-state index contributed by atoms with van der Waals surface area (Å²) in [5, 5.41) is 1.41. The van der Waals surface area contributed by atoms with Crippen LogP contribution in [0, 0.1) is 0 Å². The van der Waals surface area contributed by atoms with Crippen molar-refractivity contribution in [2.45, 2.75) is 38.2 Å². The molecule has 0 bridgehead atoms. The topological polar surface area (TPSA) is 0 Å². The van der Waals surface area contributed by atoms with E-state index in [1.165, 1.54) is 17.3 Å². The fourth-order valence-corrected chi connectivity index (χ4v) is 4.67. The molecule has 24 heavy (non-hydrogen) atoms. The Bertz CT molecular complexity index is 768. The van der Waals surface area contributed by atoms with Gasteiger partial charge in [0, 0.05) is 5.92 Å². The average molecular weight is 346 g/mol. The summed E-state index contributed by atoms with van der Waals surface area (Å²) in [4.78, 5) is 0. The van der Waals surface area contributed by atoms with Gasteiger partial charge in [-0.3, -0.25) is 0 Å². The molecule has 0 saturated carbocycles. The molecule has 2 aromatic rings. The van der Waals surface area contributed by atoms with Gasteiger partial charge in [0.15, 0.2) is 0 Å².